The Balaban J connectivity index is 1.71. The topological polar surface area (TPSA) is 60.8 Å². The molecule has 2 N–H and O–H groups in total. The van der Waals surface area contributed by atoms with Crippen LogP contribution in [0.1, 0.15) is 41.3 Å². The molecule has 1 amide bonds. The van der Waals surface area contributed by atoms with Crippen LogP contribution >= 0.6 is 0 Å². The van der Waals surface area contributed by atoms with Gasteiger partial charge in [0.05, 0.1) is 6.10 Å². The molecule has 1 heterocycles. The number of aromatic hydroxyl groups is 1. The van der Waals surface area contributed by atoms with Crippen LogP contribution in [-0.4, -0.2) is 33.6 Å². The van der Waals surface area contributed by atoms with Crippen LogP contribution in [0.15, 0.2) is 48.5 Å². The maximum atomic E-state index is 13.0. The van der Waals surface area contributed by atoms with Crippen molar-refractivity contribution in [2.45, 2.75) is 31.4 Å². The summed E-state index contributed by atoms with van der Waals surface area (Å²) in [6.45, 7) is 0.634. The lowest BCUT2D eigenvalue weighted by Crippen LogP contribution is -2.36. The van der Waals surface area contributed by atoms with Crippen molar-refractivity contribution in [1.29, 1.82) is 0 Å². The van der Waals surface area contributed by atoms with Gasteiger partial charge in [-0.15, -0.1) is 0 Å². The maximum Gasteiger partial charge on any atom is 0.254 e. The third kappa shape index (κ3) is 3.57. The molecular weight excluding hydrogens is 309 g/mol. The third-order valence-electron chi connectivity index (χ3n) is 4.48. The van der Waals surface area contributed by atoms with Gasteiger partial charge in [0, 0.05) is 18.2 Å². The summed E-state index contributed by atoms with van der Waals surface area (Å²) in [4.78, 5) is 14.4. The highest BCUT2D eigenvalue weighted by molar-refractivity contribution is 5.95. The smallest absolute Gasteiger partial charge is 0.254 e. The Morgan fingerprint density at radius 3 is 2.71 bits per heavy atom. The molecule has 5 heteroatoms. The van der Waals surface area contributed by atoms with Crippen molar-refractivity contribution in [1.82, 2.24) is 4.90 Å². The molecule has 0 radical (unpaired) electrons. The third-order valence-corrected chi connectivity index (χ3v) is 4.48. The SMILES string of the molecule is O=C(c1cccc(O)c1)N1CCCC1CC(O)c1ccc(F)cc1. The minimum atomic E-state index is -0.742. The number of amides is 1. The minimum absolute atomic E-state index is 0.0583. The number of phenols is 1. The van der Waals surface area contributed by atoms with Crippen molar-refractivity contribution in [3.8, 4) is 5.75 Å². The average Bonchev–Trinajstić information content (AvgIpc) is 3.02. The van der Waals surface area contributed by atoms with E-state index in [2.05, 4.69) is 0 Å². The zero-order chi connectivity index (χ0) is 17.1. The van der Waals surface area contributed by atoms with E-state index in [0.717, 1.165) is 12.8 Å². The molecule has 0 aromatic heterocycles. The van der Waals surface area contributed by atoms with E-state index < -0.39 is 6.10 Å². The van der Waals surface area contributed by atoms with Gasteiger partial charge in [-0.2, -0.15) is 0 Å². The lowest BCUT2D eigenvalue weighted by molar-refractivity contribution is 0.0666. The lowest BCUT2D eigenvalue weighted by Gasteiger charge is -2.27. The molecule has 0 aliphatic carbocycles. The number of phenolic OH excluding ortho intramolecular Hbond substituents is 1. The number of carbonyl (C=O) groups excluding carboxylic acids is 1. The summed E-state index contributed by atoms with van der Waals surface area (Å²) in [5.74, 6) is -0.421. The number of carbonyl (C=O) groups is 1. The van der Waals surface area contributed by atoms with Gasteiger partial charge in [-0.05, 0) is 55.2 Å². The Bertz CT molecular complexity index is 717. The van der Waals surface area contributed by atoms with Crippen molar-refractivity contribution < 1.29 is 19.4 Å². The zero-order valence-electron chi connectivity index (χ0n) is 13.2. The molecule has 2 unspecified atom stereocenters. The van der Waals surface area contributed by atoms with Crippen molar-refractivity contribution >= 4 is 5.91 Å². The number of aliphatic hydroxyl groups is 1. The first kappa shape index (κ1) is 16.5. The number of rotatable bonds is 4. The molecule has 2 atom stereocenters. The predicted molar refractivity (Wildman–Crippen MR) is 88.1 cm³/mol. The summed E-state index contributed by atoms with van der Waals surface area (Å²) in [7, 11) is 0. The molecule has 3 rings (SSSR count). The van der Waals surface area contributed by atoms with Crippen molar-refractivity contribution in [2.75, 3.05) is 6.54 Å². The first-order chi connectivity index (χ1) is 11.5. The molecular formula is C19H20FNO3. The van der Waals surface area contributed by atoms with Crippen LogP contribution in [0.5, 0.6) is 5.75 Å². The molecule has 126 valence electrons. The fourth-order valence-electron chi connectivity index (χ4n) is 3.23. The number of hydrogen-bond acceptors (Lipinski definition) is 3. The summed E-state index contributed by atoms with van der Waals surface area (Å²) in [6.07, 6.45) is 1.37. The van der Waals surface area contributed by atoms with Gasteiger partial charge < -0.3 is 15.1 Å². The second-order valence-corrected chi connectivity index (χ2v) is 6.15. The first-order valence-electron chi connectivity index (χ1n) is 8.08. The Hall–Kier alpha value is -2.40. The monoisotopic (exact) mass is 329 g/mol. The highest BCUT2D eigenvalue weighted by Crippen LogP contribution is 2.29. The number of hydrogen-bond donors (Lipinski definition) is 2. The molecule has 2 aromatic carbocycles. The Kier molecular flexibility index (Phi) is 4.81. The van der Waals surface area contributed by atoms with E-state index in [1.807, 2.05) is 0 Å². The second kappa shape index (κ2) is 7.01. The highest BCUT2D eigenvalue weighted by Gasteiger charge is 2.31. The Morgan fingerprint density at radius 2 is 2.00 bits per heavy atom. The lowest BCUT2D eigenvalue weighted by atomic mass is 10.00. The highest BCUT2D eigenvalue weighted by atomic mass is 19.1. The van der Waals surface area contributed by atoms with E-state index in [1.165, 1.54) is 24.3 Å². The number of benzene rings is 2. The van der Waals surface area contributed by atoms with E-state index in [0.29, 0.717) is 24.1 Å². The number of nitrogens with zero attached hydrogens (tertiary/aromatic N) is 1. The van der Waals surface area contributed by atoms with Crippen LogP contribution in [0.4, 0.5) is 4.39 Å². The van der Waals surface area contributed by atoms with Gasteiger partial charge in [0.25, 0.3) is 5.91 Å². The molecule has 0 bridgehead atoms. The molecule has 2 aromatic rings. The van der Waals surface area contributed by atoms with Crippen LogP contribution < -0.4 is 0 Å². The summed E-state index contributed by atoms with van der Waals surface area (Å²) >= 11 is 0. The Morgan fingerprint density at radius 1 is 1.25 bits per heavy atom. The van der Waals surface area contributed by atoms with E-state index in [-0.39, 0.29) is 23.5 Å². The number of halogens is 1. The van der Waals surface area contributed by atoms with Crippen LogP contribution in [0.2, 0.25) is 0 Å². The molecule has 24 heavy (non-hydrogen) atoms. The van der Waals surface area contributed by atoms with Gasteiger partial charge in [-0.1, -0.05) is 18.2 Å². The summed E-state index contributed by atoms with van der Waals surface area (Å²) in [6, 6.07) is 12.0. The molecule has 1 aliphatic rings. The van der Waals surface area contributed by atoms with Crippen LogP contribution in [0.25, 0.3) is 0 Å². The quantitative estimate of drug-likeness (QED) is 0.905. The van der Waals surface area contributed by atoms with Gasteiger partial charge in [0.15, 0.2) is 0 Å². The van der Waals surface area contributed by atoms with E-state index in [9.17, 15) is 19.4 Å². The average molecular weight is 329 g/mol. The first-order valence-corrected chi connectivity index (χ1v) is 8.08. The molecule has 0 saturated carbocycles. The molecule has 4 nitrogen and oxygen atoms in total. The van der Waals surface area contributed by atoms with E-state index in [1.54, 1.807) is 29.2 Å². The maximum absolute atomic E-state index is 13.0. The molecule has 0 spiro atoms. The zero-order valence-corrected chi connectivity index (χ0v) is 13.2. The normalized spacial score (nSPS) is 18.6. The van der Waals surface area contributed by atoms with Crippen LogP contribution in [0, 0.1) is 5.82 Å². The van der Waals surface area contributed by atoms with Gasteiger partial charge in [-0.25, -0.2) is 4.39 Å². The van der Waals surface area contributed by atoms with Crippen LogP contribution in [-0.2, 0) is 0 Å². The van der Waals surface area contributed by atoms with Crippen molar-refractivity contribution in [2.24, 2.45) is 0 Å². The number of aliphatic hydroxyl groups excluding tert-OH is 1. The molecule has 1 saturated heterocycles. The summed E-state index contributed by atoms with van der Waals surface area (Å²) < 4.78 is 13.0. The predicted octanol–water partition coefficient (Wildman–Crippen LogP) is 3.26. The number of likely N-dealkylation sites (tertiary alicyclic amines) is 1. The van der Waals surface area contributed by atoms with Gasteiger partial charge >= 0.3 is 0 Å². The van der Waals surface area contributed by atoms with Gasteiger partial charge in [-0.3, -0.25) is 4.79 Å². The minimum Gasteiger partial charge on any atom is -0.508 e. The van der Waals surface area contributed by atoms with E-state index >= 15 is 0 Å². The fraction of sp³-hybridized carbons (Fsp3) is 0.316. The second-order valence-electron chi connectivity index (χ2n) is 6.15. The van der Waals surface area contributed by atoms with Gasteiger partial charge in [0.2, 0.25) is 0 Å². The summed E-state index contributed by atoms with van der Waals surface area (Å²) in [5.41, 5.74) is 1.09. The molecule has 1 fully saturated rings. The van der Waals surface area contributed by atoms with Gasteiger partial charge in [0.1, 0.15) is 11.6 Å². The molecule has 1 aliphatic heterocycles. The van der Waals surface area contributed by atoms with Crippen molar-refractivity contribution in [3.63, 3.8) is 0 Å². The van der Waals surface area contributed by atoms with Crippen LogP contribution in [0.3, 0.4) is 0 Å². The Labute approximate surface area is 140 Å². The standard InChI is InChI=1S/C19H20FNO3/c20-15-8-6-13(7-9-15)18(23)12-16-4-2-10-21(16)19(24)14-3-1-5-17(22)11-14/h1,3,5-9,11,16,18,22-23H,2,4,10,12H2. The fourth-order valence-corrected chi connectivity index (χ4v) is 3.23. The van der Waals surface area contributed by atoms with Crippen molar-refractivity contribution in [3.05, 3.63) is 65.5 Å². The van der Waals surface area contributed by atoms with E-state index in [4.69, 9.17) is 0 Å². The summed E-state index contributed by atoms with van der Waals surface area (Å²) in [5, 5.41) is 19.9. The largest absolute Gasteiger partial charge is 0.508 e.